The predicted molar refractivity (Wildman–Crippen MR) is 124 cm³/mol. The monoisotopic (exact) mass is 453 g/mol. The van der Waals surface area contributed by atoms with Gasteiger partial charge in [0, 0.05) is 26.7 Å². The molecule has 0 aliphatic carbocycles. The summed E-state index contributed by atoms with van der Waals surface area (Å²) in [5.41, 5.74) is 1.59. The second kappa shape index (κ2) is 10.4. The molecule has 0 bridgehead atoms. The van der Waals surface area contributed by atoms with Crippen LogP contribution in [0, 0.1) is 5.92 Å². The van der Waals surface area contributed by atoms with Gasteiger partial charge >= 0.3 is 6.03 Å². The minimum Gasteiger partial charge on any atom is -0.494 e. The highest BCUT2D eigenvalue weighted by molar-refractivity contribution is 5.99. The van der Waals surface area contributed by atoms with Crippen molar-refractivity contribution >= 4 is 29.1 Å². The van der Waals surface area contributed by atoms with Crippen molar-refractivity contribution in [1.29, 1.82) is 0 Å². The van der Waals surface area contributed by atoms with Crippen molar-refractivity contribution in [2.24, 2.45) is 13.0 Å². The number of hydrogen-bond acceptors (Lipinski definition) is 8. The Morgan fingerprint density at radius 3 is 2.61 bits per heavy atom. The maximum Gasteiger partial charge on any atom is 0.320 e. The van der Waals surface area contributed by atoms with Crippen LogP contribution in [0.25, 0.3) is 11.4 Å². The Kier molecular flexibility index (Phi) is 7.38. The lowest BCUT2D eigenvalue weighted by Gasteiger charge is -2.16. The fraction of sp³-hybridized carbons (Fsp3) is 0.333. The van der Waals surface area contributed by atoms with Crippen LogP contribution in [0.4, 0.5) is 22.0 Å². The zero-order valence-corrected chi connectivity index (χ0v) is 19.1. The Balaban J connectivity index is 1.96. The fourth-order valence-electron chi connectivity index (χ4n) is 2.93. The molecular weight excluding hydrogens is 426 g/mol. The van der Waals surface area contributed by atoms with Crippen LogP contribution in [-0.2, 0) is 7.05 Å². The summed E-state index contributed by atoms with van der Waals surface area (Å²) in [5.74, 6) is 0.993. The van der Waals surface area contributed by atoms with E-state index in [1.54, 1.807) is 24.1 Å². The Hall–Kier alpha value is -4.22. The summed E-state index contributed by atoms with van der Waals surface area (Å²) in [4.78, 5) is 28.8. The van der Waals surface area contributed by atoms with E-state index in [-0.39, 0.29) is 11.5 Å². The second-order valence-corrected chi connectivity index (χ2v) is 7.55. The predicted octanol–water partition coefficient (Wildman–Crippen LogP) is 2.16. The third kappa shape index (κ3) is 5.73. The van der Waals surface area contributed by atoms with Crippen LogP contribution in [0.15, 0.2) is 30.6 Å². The average Bonchev–Trinajstić information content (AvgIpc) is 3.23. The number of para-hydroxylation sites is 1. The number of nitrogens with zero attached hydrogens (tertiary/aromatic N) is 5. The van der Waals surface area contributed by atoms with Gasteiger partial charge in [-0.25, -0.2) is 9.78 Å². The van der Waals surface area contributed by atoms with E-state index in [4.69, 9.17) is 4.74 Å². The van der Waals surface area contributed by atoms with Gasteiger partial charge in [-0.2, -0.15) is 5.10 Å². The number of benzene rings is 1. The van der Waals surface area contributed by atoms with Crippen LogP contribution in [0.1, 0.15) is 24.3 Å². The first-order valence-electron chi connectivity index (χ1n) is 10.3. The molecule has 0 atom stereocenters. The van der Waals surface area contributed by atoms with Gasteiger partial charge in [-0.05, 0) is 18.1 Å². The van der Waals surface area contributed by atoms with Crippen LogP contribution < -0.4 is 26.0 Å². The van der Waals surface area contributed by atoms with E-state index >= 15 is 0 Å². The highest BCUT2D eigenvalue weighted by Crippen LogP contribution is 2.37. The summed E-state index contributed by atoms with van der Waals surface area (Å²) in [7, 11) is 4.80. The number of hydrogen-bond donors (Lipinski definition) is 4. The Labute approximate surface area is 191 Å². The van der Waals surface area contributed by atoms with Crippen LogP contribution in [0.2, 0.25) is 0 Å². The Morgan fingerprint density at radius 1 is 1.18 bits per heavy atom. The summed E-state index contributed by atoms with van der Waals surface area (Å²) in [6.07, 6.45) is 1.59. The molecule has 12 nitrogen and oxygen atoms in total. The smallest absolute Gasteiger partial charge is 0.320 e. The van der Waals surface area contributed by atoms with E-state index in [2.05, 4.69) is 41.5 Å². The largest absolute Gasteiger partial charge is 0.494 e. The molecule has 33 heavy (non-hydrogen) atoms. The average molecular weight is 454 g/mol. The van der Waals surface area contributed by atoms with Crippen LogP contribution >= 0.6 is 0 Å². The minimum absolute atomic E-state index is 0.0501. The summed E-state index contributed by atoms with van der Waals surface area (Å²) >= 11 is 0. The van der Waals surface area contributed by atoms with Gasteiger partial charge in [0.05, 0.1) is 24.0 Å². The van der Waals surface area contributed by atoms with Gasteiger partial charge in [0.2, 0.25) is 0 Å². The maximum atomic E-state index is 12.4. The second-order valence-electron chi connectivity index (χ2n) is 7.55. The first kappa shape index (κ1) is 23.4. The van der Waals surface area contributed by atoms with E-state index in [0.717, 1.165) is 0 Å². The molecule has 12 heteroatoms. The summed E-state index contributed by atoms with van der Waals surface area (Å²) in [5, 5.41) is 23.3. The molecule has 0 aliphatic rings. The summed E-state index contributed by atoms with van der Waals surface area (Å²) in [6, 6.07) is 6.52. The van der Waals surface area contributed by atoms with E-state index in [0.29, 0.717) is 41.0 Å². The van der Waals surface area contributed by atoms with E-state index in [1.165, 1.54) is 20.2 Å². The number of methoxy groups -OCH3 is 1. The number of nitrogens with one attached hydrogen (secondary N) is 4. The van der Waals surface area contributed by atoms with Crippen molar-refractivity contribution < 1.29 is 14.3 Å². The first-order chi connectivity index (χ1) is 15.8. The lowest BCUT2D eigenvalue weighted by atomic mass is 10.1. The number of urea groups is 1. The molecule has 0 unspecified atom stereocenters. The van der Waals surface area contributed by atoms with Crippen molar-refractivity contribution in [3.05, 3.63) is 36.3 Å². The molecule has 2 heterocycles. The molecule has 174 valence electrons. The Morgan fingerprint density at radius 2 is 1.97 bits per heavy atom. The molecule has 2 aromatic heterocycles. The van der Waals surface area contributed by atoms with Crippen LogP contribution in [-0.4, -0.2) is 57.6 Å². The molecule has 0 spiro atoms. The lowest BCUT2D eigenvalue weighted by Crippen LogP contribution is -2.32. The van der Waals surface area contributed by atoms with Crippen molar-refractivity contribution in [2.45, 2.75) is 13.8 Å². The first-order valence-corrected chi connectivity index (χ1v) is 10.3. The molecule has 3 aromatic rings. The molecular formula is C21H27N9O3. The number of amides is 3. The lowest BCUT2D eigenvalue weighted by molar-refractivity contribution is 0.0958. The van der Waals surface area contributed by atoms with Gasteiger partial charge in [-0.3, -0.25) is 14.8 Å². The number of aryl methyl sites for hydroxylation is 1. The zero-order valence-electron chi connectivity index (χ0n) is 19.1. The number of rotatable bonds is 8. The summed E-state index contributed by atoms with van der Waals surface area (Å²) < 4.78 is 7.21. The van der Waals surface area contributed by atoms with E-state index < -0.39 is 11.9 Å². The molecule has 0 saturated heterocycles. The minimum atomic E-state index is -0.442. The Bertz CT molecular complexity index is 1140. The molecule has 0 saturated carbocycles. The quantitative estimate of drug-likeness (QED) is 0.406. The van der Waals surface area contributed by atoms with Crippen molar-refractivity contribution in [2.75, 3.05) is 31.3 Å². The highest BCUT2D eigenvalue weighted by Gasteiger charge is 2.19. The van der Waals surface area contributed by atoms with Crippen molar-refractivity contribution in [3.63, 3.8) is 0 Å². The van der Waals surface area contributed by atoms with E-state index in [1.807, 2.05) is 26.0 Å². The standard InChI is InChI=1S/C21H27N9O3/c1-12(2)10-23-21(32)26-16-9-15(17(28-27-16)20(31)22-3)25-14-8-6-7-13(18(14)33-5)19-24-11-30(4)29-19/h6-9,11-12H,10H2,1-5H3,(H,22,31)(H3,23,25,26,27,32). The molecule has 0 fully saturated rings. The van der Waals surface area contributed by atoms with Crippen molar-refractivity contribution in [3.8, 4) is 17.1 Å². The zero-order chi connectivity index (χ0) is 24.0. The van der Waals surface area contributed by atoms with Gasteiger partial charge in [-0.1, -0.05) is 19.9 Å². The van der Waals surface area contributed by atoms with Gasteiger partial charge < -0.3 is 20.7 Å². The molecule has 0 aliphatic heterocycles. The molecule has 4 N–H and O–H groups in total. The third-order valence-corrected chi connectivity index (χ3v) is 4.48. The number of aromatic nitrogens is 5. The maximum absolute atomic E-state index is 12.4. The number of carbonyl (C=O) groups excluding carboxylic acids is 2. The molecule has 1 aromatic carbocycles. The topological polar surface area (TPSA) is 148 Å². The fourth-order valence-corrected chi connectivity index (χ4v) is 2.93. The summed E-state index contributed by atoms with van der Waals surface area (Å²) in [6.45, 7) is 4.48. The molecule has 3 amide bonds. The number of anilines is 3. The number of carbonyl (C=O) groups is 2. The molecule has 3 rings (SSSR count). The van der Waals surface area contributed by atoms with Gasteiger partial charge in [0.25, 0.3) is 5.91 Å². The van der Waals surface area contributed by atoms with Crippen LogP contribution in [0.3, 0.4) is 0 Å². The normalized spacial score (nSPS) is 10.6. The van der Waals surface area contributed by atoms with Gasteiger partial charge in [-0.15, -0.1) is 10.2 Å². The van der Waals surface area contributed by atoms with Gasteiger partial charge in [0.1, 0.15) is 6.33 Å². The molecule has 0 radical (unpaired) electrons. The van der Waals surface area contributed by atoms with Gasteiger partial charge in [0.15, 0.2) is 23.1 Å². The SMILES string of the molecule is CNC(=O)c1nnc(NC(=O)NCC(C)C)cc1Nc1cccc(-c2ncn(C)n2)c1OC. The van der Waals surface area contributed by atoms with Crippen molar-refractivity contribution in [1.82, 2.24) is 35.6 Å². The van der Waals surface area contributed by atoms with E-state index in [9.17, 15) is 9.59 Å². The third-order valence-electron chi connectivity index (χ3n) is 4.48. The number of ether oxygens (including phenoxy) is 1. The van der Waals surface area contributed by atoms with Crippen LogP contribution in [0.5, 0.6) is 5.75 Å². The highest BCUT2D eigenvalue weighted by atomic mass is 16.5.